The molecule has 0 aromatic rings. The van der Waals surface area contributed by atoms with Crippen molar-refractivity contribution in [3.63, 3.8) is 0 Å². The van der Waals surface area contributed by atoms with Crippen LogP contribution in [0.5, 0.6) is 0 Å². The largest absolute Gasteiger partial charge is 0.340 e. The van der Waals surface area contributed by atoms with Crippen LogP contribution in [-0.2, 0) is 9.59 Å². The van der Waals surface area contributed by atoms with E-state index in [1.54, 1.807) is 13.8 Å². The lowest BCUT2D eigenvalue weighted by Gasteiger charge is -2.45. The van der Waals surface area contributed by atoms with Crippen LogP contribution in [0, 0.1) is 0 Å². The quantitative estimate of drug-likeness (QED) is 0.791. The van der Waals surface area contributed by atoms with Crippen LogP contribution < -0.4 is 5.32 Å². The Bertz CT molecular complexity index is 332. The predicted molar refractivity (Wildman–Crippen MR) is 65.4 cm³/mol. The van der Waals surface area contributed by atoms with Crippen LogP contribution >= 0.6 is 0 Å². The summed E-state index contributed by atoms with van der Waals surface area (Å²) in [5.41, 5.74) is -0.745. The average molecular weight is 238 g/mol. The number of amides is 2. The highest BCUT2D eigenvalue weighted by Gasteiger charge is 2.47. The first-order valence-corrected chi connectivity index (χ1v) is 6.62. The molecule has 1 atom stereocenters. The molecule has 1 N–H and O–H groups in total. The Kier molecular flexibility index (Phi) is 3.15. The number of rotatable bonds is 2. The third kappa shape index (κ3) is 2.05. The SMILES string of the molecule is CCC1C(=O)NC(C)(C)C(=O)N1C1CCCC1. The van der Waals surface area contributed by atoms with E-state index in [9.17, 15) is 9.59 Å². The summed E-state index contributed by atoms with van der Waals surface area (Å²) >= 11 is 0. The summed E-state index contributed by atoms with van der Waals surface area (Å²) < 4.78 is 0. The molecule has 2 rings (SSSR count). The topological polar surface area (TPSA) is 49.4 Å². The number of hydrogen-bond donors (Lipinski definition) is 1. The molecule has 1 saturated carbocycles. The van der Waals surface area contributed by atoms with Crippen molar-refractivity contribution in [3.05, 3.63) is 0 Å². The number of nitrogens with one attached hydrogen (secondary N) is 1. The fourth-order valence-corrected chi connectivity index (χ4v) is 3.02. The van der Waals surface area contributed by atoms with Crippen LogP contribution in [0.1, 0.15) is 52.9 Å². The fourth-order valence-electron chi connectivity index (χ4n) is 3.02. The van der Waals surface area contributed by atoms with Gasteiger partial charge in [0.15, 0.2) is 0 Å². The van der Waals surface area contributed by atoms with Crippen molar-refractivity contribution < 1.29 is 9.59 Å². The second kappa shape index (κ2) is 4.31. The van der Waals surface area contributed by atoms with Gasteiger partial charge in [-0.1, -0.05) is 19.8 Å². The molecule has 1 aliphatic carbocycles. The standard InChI is InChI=1S/C13H22N2O2/c1-4-10-11(16)14-13(2,3)12(17)15(10)9-7-5-6-8-9/h9-10H,4-8H2,1-3H3,(H,14,16). The lowest BCUT2D eigenvalue weighted by Crippen LogP contribution is -2.69. The molecule has 2 amide bonds. The van der Waals surface area contributed by atoms with Crippen LogP contribution in [0.2, 0.25) is 0 Å². The summed E-state index contributed by atoms with van der Waals surface area (Å²) in [5.74, 6) is 0.0832. The second-order valence-corrected chi connectivity index (χ2v) is 5.69. The van der Waals surface area contributed by atoms with Crippen molar-refractivity contribution in [2.75, 3.05) is 0 Å². The molecule has 1 saturated heterocycles. The average Bonchev–Trinajstić information content (AvgIpc) is 2.75. The minimum Gasteiger partial charge on any atom is -0.340 e. The summed E-state index contributed by atoms with van der Waals surface area (Å²) in [7, 11) is 0. The van der Waals surface area contributed by atoms with E-state index in [1.165, 1.54) is 12.8 Å². The van der Waals surface area contributed by atoms with Gasteiger partial charge in [-0.15, -0.1) is 0 Å². The van der Waals surface area contributed by atoms with Gasteiger partial charge in [0.2, 0.25) is 11.8 Å². The molecule has 96 valence electrons. The molecule has 1 unspecified atom stereocenters. The molecular formula is C13H22N2O2. The molecular weight excluding hydrogens is 216 g/mol. The minimum absolute atomic E-state index is 0.00370. The summed E-state index contributed by atoms with van der Waals surface area (Å²) in [5, 5.41) is 2.83. The first-order chi connectivity index (χ1) is 7.97. The molecule has 4 nitrogen and oxygen atoms in total. The minimum atomic E-state index is -0.745. The Labute approximate surface area is 103 Å². The van der Waals surface area contributed by atoms with Gasteiger partial charge in [0.05, 0.1) is 0 Å². The maximum Gasteiger partial charge on any atom is 0.248 e. The highest BCUT2D eigenvalue weighted by atomic mass is 16.2. The van der Waals surface area contributed by atoms with Crippen LogP contribution in [0.15, 0.2) is 0 Å². The van der Waals surface area contributed by atoms with Gasteiger partial charge in [-0.3, -0.25) is 9.59 Å². The van der Waals surface area contributed by atoms with Gasteiger partial charge in [-0.05, 0) is 33.1 Å². The highest BCUT2D eigenvalue weighted by Crippen LogP contribution is 2.30. The molecule has 0 spiro atoms. The molecule has 17 heavy (non-hydrogen) atoms. The van der Waals surface area contributed by atoms with Gasteiger partial charge < -0.3 is 10.2 Å². The Morgan fingerprint density at radius 2 is 1.88 bits per heavy atom. The van der Waals surface area contributed by atoms with E-state index >= 15 is 0 Å². The Balaban J connectivity index is 2.28. The number of hydrogen-bond acceptors (Lipinski definition) is 2. The van der Waals surface area contributed by atoms with Crippen molar-refractivity contribution >= 4 is 11.8 Å². The van der Waals surface area contributed by atoms with Gasteiger partial charge in [-0.25, -0.2) is 0 Å². The zero-order chi connectivity index (χ0) is 12.6. The lowest BCUT2D eigenvalue weighted by atomic mass is 9.93. The molecule has 1 heterocycles. The molecule has 0 aromatic carbocycles. The molecule has 0 aromatic heterocycles. The van der Waals surface area contributed by atoms with Gasteiger partial charge >= 0.3 is 0 Å². The summed E-state index contributed by atoms with van der Waals surface area (Å²) in [6.45, 7) is 5.56. The van der Waals surface area contributed by atoms with Crippen LogP contribution in [0.4, 0.5) is 0 Å². The molecule has 1 aliphatic heterocycles. The summed E-state index contributed by atoms with van der Waals surface area (Å²) in [6, 6.07) is 0.0106. The van der Waals surface area contributed by atoms with E-state index in [0.717, 1.165) is 12.8 Å². The number of carbonyl (C=O) groups is 2. The lowest BCUT2D eigenvalue weighted by molar-refractivity contribution is -0.156. The maximum absolute atomic E-state index is 12.5. The summed E-state index contributed by atoms with van der Waals surface area (Å²) in [6.07, 6.45) is 5.14. The van der Waals surface area contributed by atoms with Crippen molar-refractivity contribution in [1.82, 2.24) is 10.2 Å². The van der Waals surface area contributed by atoms with Gasteiger partial charge in [0, 0.05) is 6.04 Å². The van der Waals surface area contributed by atoms with Gasteiger partial charge in [-0.2, -0.15) is 0 Å². The first kappa shape index (κ1) is 12.4. The molecule has 0 radical (unpaired) electrons. The van der Waals surface area contributed by atoms with E-state index in [4.69, 9.17) is 0 Å². The number of carbonyl (C=O) groups excluding carboxylic acids is 2. The Morgan fingerprint density at radius 3 is 2.41 bits per heavy atom. The second-order valence-electron chi connectivity index (χ2n) is 5.69. The molecule has 2 fully saturated rings. The number of piperazine rings is 1. The van der Waals surface area contributed by atoms with Crippen molar-refractivity contribution in [1.29, 1.82) is 0 Å². The molecule has 0 bridgehead atoms. The zero-order valence-electron chi connectivity index (χ0n) is 11.0. The van der Waals surface area contributed by atoms with Crippen LogP contribution in [0.3, 0.4) is 0 Å². The normalized spacial score (nSPS) is 29.6. The van der Waals surface area contributed by atoms with Gasteiger partial charge in [0.25, 0.3) is 0 Å². The van der Waals surface area contributed by atoms with E-state index in [-0.39, 0.29) is 23.9 Å². The van der Waals surface area contributed by atoms with Crippen molar-refractivity contribution in [2.45, 2.75) is 70.5 Å². The third-order valence-corrected chi connectivity index (χ3v) is 3.95. The monoisotopic (exact) mass is 238 g/mol. The number of nitrogens with zero attached hydrogens (tertiary/aromatic N) is 1. The smallest absolute Gasteiger partial charge is 0.248 e. The van der Waals surface area contributed by atoms with Gasteiger partial charge in [0.1, 0.15) is 11.6 Å². The zero-order valence-corrected chi connectivity index (χ0v) is 11.0. The first-order valence-electron chi connectivity index (χ1n) is 6.62. The van der Waals surface area contributed by atoms with Crippen molar-refractivity contribution in [3.8, 4) is 0 Å². The van der Waals surface area contributed by atoms with E-state index < -0.39 is 5.54 Å². The maximum atomic E-state index is 12.5. The Morgan fingerprint density at radius 1 is 1.29 bits per heavy atom. The molecule has 2 aliphatic rings. The summed E-state index contributed by atoms with van der Waals surface area (Å²) in [4.78, 5) is 26.4. The van der Waals surface area contributed by atoms with Crippen molar-refractivity contribution in [2.24, 2.45) is 0 Å². The third-order valence-electron chi connectivity index (χ3n) is 3.95. The Hall–Kier alpha value is -1.06. The molecule has 4 heteroatoms. The fraction of sp³-hybridized carbons (Fsp3) is 0.846. The van der Waals surface area contributed by atoms with Crippen LogP contribution in [-0.4, -0.2) is 34.3 Å². The van der Waals surface area contributed by atoms with E-state index in [0.29, 0.717) is 6.42 Å². The van der Waals surface area contributed by atoms with Crippen LogP contribution in [0.25, 0.3) is 0 Å². The van der Waals surface area contributed by atoms with E-state index in [2.05, 4.69) is 5.32 Å². The highest BCUT2D eigenvalue weighted by molar-refractivity contribution is 5.99. The van der Waals surface area contributed by atoms with E-state index in [1.807, 2.05) is 11.8 Å². The predicted octanol–water partition coefficient (Wildman–Crippen LogP) is 1.44.